The van der Waals surface area contributed by atoms with E-state index in [0.29, 0.717) is 12.1 Å². The second-order valence-corrected chi connectivity index (χ2v) is 8.34. The Bertz CT molecular complexity index is 378. The summed E-state index contributed by atoms with van der Waals surface area (Å²) in [4.78, 5) is 14.4. The van der Waals surface area contributed by atoms with E-state index in [4.69, 9.17) is 4.74 Å². The number of amides is 1. The molecule has 1 heterocycles. The van der Waals surface area contributed by atoms with Crippen LogP contribution in [0.1, 0.15) is 66.7 Å². The summed E-state index contributed by atoms with van der Waals surface area (Å²) in [6, 6.07) is 0.781. The topological polar surface area (TPSA) is 41.6 Å². The summed E-state index contributed by atoms with van der Waals surface area (Å²) in [5.41, 5.74) is -0.412. The molecule has 1 saturated carbocycles. The van der Waals surface area contributed by atoms with Gasteiger partial charge in [-0.3, -0.25) is 0 Å². The van der Waals surface area contributed by atoms with Crippen LogP contribution in [0.25, 0.3) is 0 Å². The van der Waals surface area contributed by atoms with Crippen molar-refractivity contribution in [1.82, 2.24) is 10.2 Å². The Morgan fingerprint density at radius 2 is 2.05 bits per heavy atom. The maximum Gasteiger partial charge on any atom is 0.410 e. The standard InChI is InChI=1S/C18H34N2O2/c1-13-10-15(13)12-19-14(2)11-16-8-6-7-9-20(16)17(21)22-18(3,4)5/h13-16,19H,6-12H2,1-5H3. The van der Waals surface area contributed by atoms with Crippen LogP contribution in [-0.2, 0) is 4.74 Å². The van der Waals surface area contributed by atoms with Gasteiger partial charge in [0.2, 0.25) is 0 Å². The van der Waals surface area contributed by atoms with E-state index in [0.717, 1.165) is 44.2 Å². The van der Waals surface area contributed by atoms with Gasteiger partial charge in [-0.2, -0.15) is 0 Å². The molecular weight excluding hydrogens is 276 g/mol. The molecule has 0 radical (unpaired) electrons. The minimum absolute atomic E-state index is 0.139. The van der Waals surface area contributed by atoms with Crippen LogP contribution in [0.3, 0.4) is 0 Å². The van der Waals surface area contributed by atoms with Gasteiger partial charge in [0.05, 0.1) is 0 Å². The van der Waals surface area contributed by atoms with E-state index in [-0.39, 0.29) is 6.09 Å². The molecule has 0 bridgehead atoms. The van der Waals surface area contributed by atoms with E-state index < -0.39 is 5.60 Å². The molecule has 0 spiro atoms. The van der Waals surface area contributed by atoms with Gasteiger partial charge >= 0.3 is 6.09 Å². The van der Waals surface area contributed by atoms with Crippen molar-refractivity contribution >= 4 is 6.09 Å². The lowest BCUT2D eigenvalue weighted by Gasteiger charge is -2.38. The van der Waals surface area contributed by atoms with Crippen molar-refractivity contribution in [2.75, 3.05) is 13.1 Å². The van der Waals surface area contributed by atoms with Crippen LogP contribution in [0.15, 0.2) is 0 Å². The normalized spacial score (nSPS) is 30.0. The lowest BCUT2D eigenvalue weighted by Crippen LogP contribution is -2.48. The molecule has 0 aromatic rings. The quantitative estimate of drug-likeness (QED) is 0.840. The van der Waals surface area contributed by atoms with Crippen molar-refractivity contribution in [3.63, 3.8) is 0 Å². The number of piperidine rings is 1. The van der Waals surface area contributed by atoms with Gasteiger partial charge < -0.3 is 15.0 Å². The first kappa shape index (κ1) is 17.6. The number of likely N-dealkylation sites (tertiary alicyclic amines) is 1. The molecule has 2 rings (SSSR count). The molecule has 1 aliphatic heterocycles. The van der Waals surface area contributed by atoms with Crippen LogP contribution < -0.4 is 5.32 Å². The van der Waals surface area contributed by atoms with Gasteiger partial charge in [-0.05, 0) is 78.2 Å². The molecule has 0 aromatic carbocycles. The SMILES string of the molecule is CC(CC1CCCCN1C(=O)OC(C)(C)C)NCC1CC1C. The third kappa shape index (κ3) is 5.45. The third-order valence-electron chi connectivity index (χ3n) is 4.89. The van der Waals surface area contributed by atoms with E-state index >= 15 is 0 Å². The van der Waals surface area contributed by atoms with Crippen LogP contribution in [-0.4, -0.2) is 41.8 Å². The van der Waals surface area contributed by atoms with Crippen molar-refractivity contribution in [3.05, 3.63) is 0 Å². The second kappa shape index (κ2) is 7.20. The minimum atomic E-state index is -0.412. The largest absolute Gasteiger partial charge is 0.444 e. The number of nitrogens with one attached hydrogen (secondary N) is 1. The maximum atomic E-state index is 12.4. The van der Waals surface area contributed by atoms with Crippen LogP contribution >= 0.6 is 0 Å². The molecule has 22 heavy (non-hydrogen) atoms. The van der Waals surface area contributed by atoms with E-state index in [1.54, 1.807) is 0 Å². The number of hydrogen-bond donors (Lipinski definition) is 1. The summed E-state index contributed by atoms with van der Waals surface area (Å²) < 4.78 is 5.58. The van der Waals surface area contributed by atoms with Gasteiger partial charge in [0, 0.05) is 18.6 Å². The Morgan fingerprint density at radius 1 is 1.36 bits per heavy atom. The predicted molar refractivity (Wildman–Crippen MR) is 89.9 cm³/mol. The summed E-state index contributed by atoms with van der Waals surface area (Å²) in [7, 11) is 0. The smallest absolute Gasteiger partial charge is 0.410 e. The molecule has 2 fully saturated rings. The lowest BCUT2D eigenvalue weighted by molar-refractivity contribution is 0.00790. The van der Waals surface area contributed by atoms with E-state index in [1.165, 1.54) is 12.8 Å². The third-order valence-corrected chi connectivity index (χ3v) is 4.89. The molecule has 1 N–H and O–H groups in total. The van der Waals surface area contributed by atoms with Crippen molar-refractivity contribution in [2.45, 2.75) is 84.4 Å². The van der Waals surface area contributed by atoms with Gasteiger partial charge in [-0.25, -0.2) is 4.79 Å². The Hall–Kier alpha value is -0.770. The molecular formula is C18H34N2O2. The molecule has 4 heteroatoms. The fraction of sp³-hybridized carbons (Fsp3) is 0.944. The van der Waals surface area contributed by atoms with E-state index in [9.17, 15) is 4.79 Å². The van der Waals surface area contributed by atoms with Gasteiger partial charge in [0.25, 0.3) is 0 Å². The summed E-state index contributed by atoms with van der Waals surface area (Å²) in [5, 5.41) is 3.65. The number of rotatable bonds is 5. The molecule has 4 atom stereocenters. The van der Waals surface area contributed by atoms with Crippen LogP contribution in [0.4, 0.5) is 4.79 Å². The number of nitrogens with zero attached hydrogens (tertiary/aromatic N) is 1. The molecule has 1 amide bonds. The highest BCUT2D eigenvalue weighted by Crippen LogP contribution is 2.37. The molecule has 2 aliphatic rings. The zero-order chi connectivity index (χ0) is 16.3. The number of carbonyl (C=O) groups is 1. The molecule has 0 aromatic heterocycles. The minimum Gasteiger partial charge on any atom is -0.444 e. The van der Waals surface area contributed by atoms with Gasteiger partial charge in [-0.1, -0.05) is 6.92 Å². The number of ether oxygens (including phenoxy) is 1. The molecule has 4 unspecified atom stereocenters. The summed E-state index contributed by atoms with van der Waals surface area (Å²) >= 11 is 0. The monoisotopic (exact) mass is 310 g/mol. The summed E-state index contributed by atoms with van der Waals surface area (Å²) in [6.07, 6.45) is 5.67. The lowest BCUT2D eigenvalue weighted by atomic mass is 9.96. The maximum absolute atomic E-state index is 12.4. The van der Waals surface area contributed by atoms with Crippen molar-refractivity contribution in [2.24, 2.45) is 11.8 Å². The number of carbonyl (C=O) groups excluding carboxylic acids is 1. The van der Waals surface area contributed by atoms with Crippen molar-refractivity contribution < 1.29 is 9.53 Å². The molecule has 1 saturated heterocycles. The van der Waals surface area contributed by atoms with Gasteiger partial charge in [0.1, 0.15) is 5.60 Å². The highest BCUT2D eigenvalue weighted by Gasteiger charge is 2.34. The molecule has 4 nitrogen and oxygen atoms in total. The van der Waals surface area contributed by atoms with E-state index in [2.05, 4.69) is 19.2 Å². The molecule has 128 valence electrons. The fourth-order valence-electron chi connectivity index (χ4n) is 3.33. The predicted octanol–water partition coefficient (Wildman–Crippen LogP) is 3.80. The highest BCUT2D eigenvalue weighted by atomic mass is 16.6. The Labute approximate surface area is 136 Å². The fourth-order valence-corrected chi connectivity index (χ4v) is 3.33. The van der Waals surface area contributed by atoms with Crippen molar-refractivity contribution in [1.29, 1.82) is 0 Å². The van der Waals surface area contributed by atoms with E-state index in [1.807, 2.05) is 25.7 Å². The molecule has 1 aliphatic carbocycles. The van der Waals surface area contributed by atoms with Crippen LogP contribution in [0, 0.1) is 11.8 Å². The zero-order valence-electron chi connectivity index (χ0n) is 15.0. The second-order valence-electron chi connectivity index (χ2n) is 8.34. The zero-order valence-corrected chi connectivity index (χ0v) is 15.0. The summed E-state index contributed by atoms with van der Waals surface area (Å²) in [5.74, 6) is 1.77. The first-order chi connectivity index (χ1) is 10.3. The average molecular weight is 310 g/mol. The van der Waals surface area contributed by atoms with Crippen molar-refractivity contribution in [3.8, 4) is 0 Å². The first-order valence-corrected chi connectivity index (χ1v) is 8.99. The Kier molecular flexibility index (Phi) is 5.76. The first-order valence-electron chi connectivity index (χ1n) is 8.99. The summed E-state index contributed by atoms with van der Waals surface area (Å²) in [6.45, 7) is 12.3. The van der Waals surface area contributed by atoms with Crippen LogP contribution in [0.2, 0.25) is 0 Å². The highest BCUT2D eigenvalue weighted by molar-refractivity contribution is 5.68. The Balaban J connectivity index is 1.81. The van der Waals surface area contributed by atoms with Gasteiger partial charge in [-0.15, -0.1) is 0 Å². The Morgan fingerprint density at radius 3 is 2.64 bits per heavy atom. The van der Waals surface area contributed by atoms with Gasteiger partial charge in [0.15, 0.2) is 0 Å². The average Bonchev–Trinajstić information content (AvgIpc) is 3.11. The number of hydrogen-bond acceptors (Lipinski definition) is 3. The van der Waals surface area contributed by atoms with Crippen LogP contribution in [0.5, 0.6) is 0 Å².